The molecule has 4 aromatic heterocycles. The average molecular weight is 320 g/mol. The van der Waals surface area contributed by atoms with Gasteiger partial charge < -0.3 is 11.5 Å². The first-order chi connectivity index (χ1) is 11.8. The fourth-order valence-corrected chi connectivity index (χ4v) is 2.10. The lowest BCUT2D eigenvalue weighted by Crippen LogP contribution is -1.87. The van der Waals surface area contributed by atoms with Crippen LogP contribution in [0.15, 0.2) is 61.4 Å². The van der Waals surface area contributed by atoms with E-state index in [0.717, 1.165) is 22.3 Å². The van der Waals surface area contributed by atoms with Crippen LogP contribution in [0.4, 0.5) is 11.6 Å². The third-order valence-corrected chi connectivity index (χ3v) is 3.28. The number of nitrogen functional groups attached to an aromatic ring is 2. The first-order valence-electron chi connectivity index (χ1n) is 7.14. The molecule has 0 unspecified atom stereocenters. The van der Waals surface area contributed by atoms with Gasteiger partial charge in [0.05, 0.1) is 12.4 Å². The van der Waals surface area contributed by atoms with Crippen molar-refractivity contribution in [3.05, 3.63) is 61.4 Å². The predicted octanol–water partition coefficient (Wildman–Crippen LogP) is 2.11. The van der Waals surface area contributed by atoms with Crippen molar-refractivity contribution in [2.24, 2.45) is 0 Å². The number of hydrogen-bond donors (Lipinski definition) is 4. The first kappa shape index (κ1) is 15.2. The Morgan fingerprint density at radius 3 is 1.42 bits per heavy atom. The van der Waals surface area contributed by atoms with E-state index in [2.05, 4.69) is 30.4 Å². The third kappa shape index (κ3) is 3.38. The van der Waals surface area contributed by atoms with Crippen molar-refractivity contribution in [1.29, 1.82) is 0 Å². The van der Waals surface area contributed by atoms with Gasteiger partial charge in [-0.1, -0.05) is 12.1 Å². The molecule has 0 amide bonds. The number of hydrogen-bond acceptors (Lipinski definition) is 6. The molecule has 0 aliphatic carbocycles. The van der Waals surface area contributed by atoms with Crippen molar-refractivity contribution in [3.8, 4) is 22.3 Å². The minimum absolute atomic E-state index is 0.572. The Labute approximate surface area is 138 Å². The van der Waals surface area contributed by atoms with E-state index >= 15 is 0 Å². The smallest absolute Gasteiger partial charge is 0.126 e. The maximum Gasteiger partial charge on any atom is 0.126 e. The van der Waals surface area contributed by atoms with Crippen molar-refractivity contribution in [3.63, 3.8) is 0 Å². The molecule has 8 nitrogen and oxygen atoms in total. The van der Waals surface area contributed by atoms with Crippen LogP contribution in [-0.2, 0) is 0 Å². The highest BCUT2D eigenvalue weighted by Crippen LogP contribution is 2.22. The Kier molecular flexibility index (Phi) is 4.47. The quantitative estimate of drug-likeness (QED) is 0.446. The number of anilines is 2. The molecule has 120 valence electrons. The van der Waals surface area contributed by atoms with E-state index in [0.29, 0.717) is 11.6 Å². The van der Waals surface area contributed by atoms with Gasteiger partial charge in [-0.2, -0.15) is 10.2 Å². The van der Waals surface area contributed by atoms with E-state index in [-0.39, 0.29) is 0 Å². The summed E-state index contributed by atoms with van der Waals surface area (Å²) in [6.45, 7) is 0. The molecule has 4 aromatic rings. The minimum Gasteiger partial charge on any atom is -0.384 e. The fraction of sp³-hybridized carbons (Fsp3) is 0. The summed E-state index contributed by atoms with van der Waals surface area (Å²) in [6, 6.07) is 7.60. The van der Waals surface area contributed by atoms with Gasteiger partial charge in [-0.3, -0.25) is 20.2 Å². The molecule has 0 aromatic carbocycles. The van der Waals surface area contributed by atoms with Crippen molar-refractivity contribution in [1.82, 2.24) is 30.4 Å². The Hall–Kier alpha value is -3.68. The van der Waals surface area contributed by atoms with Crippen LogP contribution in [0.3, 0.4) is 0 Å². The second kappa shape index (κ2) is 7.05. The number of nitrogens with one attached hydrogen (secondary N) is 2. The van der Waals surface area contributed by atoms with Crippen LogP contribution in [0.5, 0.6) is 0 Å². The van der Waals surface area contributed by atoms with Crippen LogP contribution in [-0.4, -0.2) is 30.4 Å². The van der Waals surface area contributed by atoms with Crippen LogP contribution < -0.4 is 11.5 Å². The molecule has 0 saturated carbocycles. The minimum atomic E-state index is 0.572. The van der Waals surface area contributed by atoms with Crippen molar-refractivity contribution in [2.45, 2.75) is 0 Å². The summed E-state index contributed by atoms with van der Waals surface area (Å²) in [5.74, 6) is 1.14. The monoisotopic (exact) mass is 320 g/mol. The molecule has 0 bridgehead atoms. The summed E-state index contributed by atoms with van der Waals surface area (Å²) >= 11 is 0. The van der Waals surface area contributed by atoms with Gasteiger partial charge in [0.25, 0.3) is 0 Å². The summed E-state index contributed by atoms with van der Waals surface area (Å²) in [4.78, 5) is 7.97. The van der Waals surface area contributed by atoms with E-state index in [4.69, 9.17) is 11.5 Å². The topological polar surface area (TPSA) is 135 Å². The highest BCUT2D eigenvalue weighted by molar-refractivity contribution is 5.72. The van der Waals surface area contributed by atoms with Gasteiger partial charge in [0, 0.05) is 47.0 Å². The zero-order chi connectivity index (χ0) is 16.8. The van der Waals surface area contributed by atoms with E-state index in [1.807, 2.05) is 24.3 Å². The number of aromatic amines is 2. The maximum absolute atomic E-state index is 5.63. The molecular formula is C16H16N8. The van der Waals surface area contributed by atoms with E-state index < -0.39 is 0 Å². The van der Waals surface area contributed by atoms with Gasteiger partial charge in [-0.15, -0.1) is 0 Å². The predicted molar refractivity (Wildman–Crippen MR) is 92.5 cm³/mol. The normalized spacial score (nSPS) is 10.0. The molecule has 4 rings (SSSR count). The summed E-state index contributed by atoms with van der Waals surface area (Å²) in [7, 11) is 0. The number of aromatic nitrogens is 6. The van der Waals surface area contributed by atoms with Crippen molar-refractivity contribution >= 4 is 11.6 Å². The number of nitrogens with zero attached hydrogens (tertiary/aromatic N) is 4. The second-order valence-corrected chi connectivity index (χ2v) is 4.88. The Balaban J connectivity index is 0.000000141. The highest BCUT2D eigenvalue weighted by Gasteiger charge is 2.03. The van der Waals surface area contributed by atoms with Gasteiger partial charge >= 0.3 is 0 Å². The number of pyridine rings is 2. The molecular weight excluding hydrogens is 304 g/mol. The molecule has 0 aliphatic heterocycles. The number of nitrogens with two attached hydrogens (primary N) is 2. The lowest BCUT2D eigenvalue weighted by atomic mass is 10.1. The molecule has 24 heavy (non-hydrogen) atoms. The zero-order valence-corrected chi connectivity index (χ0v) is 12.7. The van der Waals surface area contributed by atoms with Gasteiger partial charge in [0.15, 0.2) is 0 Å². The summed E-state index contributed by atoms with van der Waals surface area (Å²) < 4.78 is 0. The number of H-pyrrole nitrogens is 2. The maximum atomic E-state index is 5.63. The molecule has 0 aliphatic rings. The Morgan fingerprint density at radius 1 is 0.667 bits per heavy atom. The van der Waals surface area contributed by atoms with Gasteiger partial charge in [-0.05, 0) is 12.1 Å². The van der Waals surface area contributed by atoms with Gasteiger partial charge in [-0.25, -0.2) is 0 Å². The summed E-state index contributed by atoms with van der Waals surface area (Å²) in [6.07, 6.45) is 10.3. The molecule has 8 heteroatoms. The molecule has 4 heterocycles. The standard InChI is InChI=1S/2C8H8N4/c2*9-8-7(5-11-12-8)6-2-1-3-10-4-6/h2*1-5H,(H3,9,11,12). The Bertz CT molecular complexity index is 807. The third-order valence-electron chi connectivity index (χ3n) is 3.28. The second-order valence-electron chi connectivity index (χ2n) is 4.88. The molecule has 6 N–H and O–H groups in total. The van der Waals surface area contributed by atoms with Crippen LogP contribution in [0.2, 0.25) is 0 Å². The van der Waals surface area contributed by atoms with Crippen LogP contribution in [0.25, 0.3) is 22.3 Å². The fourth-order valence-electron chi connectivity index (χ4n) is 2.10. The lowest BCUT2D eigenvalue weighted by molar-refractivity contribution is 1.10. The van der Waals surface area contributed by atoms with Gasteiger partial charge in [0.1, 0.15) is 11.6 Å². The van der Waals surface area contributed by atoms with E-state index in [9.17, 15) is 0 Å². The highest BCUT2D eigenvalue weighted by atomic mass is 15.1. The molecule has 0 atom stereocenters. The van der Waals surface area contributed by atoms with Crippen molar-refractivity contribution in [2.75, 3.05) is 11.5 Å². The SMILES string of the molecule is Nc1[nH]ncc1-c1cccnc1.Nc1[nH]ncc1-c1cccnc1. The molecule has 0 spiro atoms. The molecule has 0 fully saturated rings. The van der Waals surface area contributed by atoms with Crippen molar-refractivity contribution < 1.29 is 0 Å². The van der Waals surface area contributed by atoms with E-state index in [1.165, 1.54) is 0 Å². The first-order valence-corrected chi connectivity index (χ1v) is 7.14. The zero-order valence-electron chi connectivity index (χ0n) is 12.7. The van der Waals surface area contributed by atoms with Crippen LogP contribution >= 0.6 is 0 Å². The molecule has 0 radical (unpaired) electrons. The summed E-state index contributed by atoms with van der Waals surface area (Å²) in [5.41, 5.74) is 15.0. The number of rotatable bonds is 2. The lowest BCUT2D eigenvalue weighted by Gasteiger charge is -1.95. The molecule has 0 saturated heterocycles. The largest absolute Gasteiger partial charge is 0.384 e. The van der Waals surface area contributed by atoms with Gasteiger partial charge in [0.2, 0.25) is 0 Å². The van der Waals surface area contributed by atoms with Crippen LogP contribution in [0, 0.1) is 0 Å². The van der Waals surface area contributed by atoms with E-state index in [1.54, 1.807) is 37.2 Å². The average Bonchev–Trinajstić information content (AvgIpc) is 3.25. The Morgan fingerprint density at radius 2 is 1.12 bits per heavy atom. The summed E-state index contributed by atoms with van der Waals surface area (Å²) in [5, 5.41) is 13.0. The van der Waals surface area contributed by atoms with Crippen LogP contribution in [0.1, 0.15) is 0 Å².